The van der Waals surface area contributed by atoms with Crippen LogP contribution >= 0.6 is 11.6 Å². The summed E-state index contributed by atoms with van der Waals surface area (Å²) < 4.78 is 5.56. The molecule has 8 rings (SSSR count). The first-order valence-electron chi connectivity index (χ1n) is 37.3. The summed E-state index contributed by atoms with van der Waals surface area (Å²) in [5, 5.41) is 48.1. The van der Waals surface area contributed by atoms with Crippen molar-refractivity contribution in [2.75, 3.05) is 65.0 Å². The number of fused-ring (bicyclic) bond motifs is 1. The van der Waals surface area contributed by atoms with Crippen LogP contribution in [-0.2, 0) is 91.3 Å². The van der Waals surface area contributed by atoms with Crippen molar-refractivity contribution in [3.8, 4) is 0 Å². The maximum Gasteiger partial charge on any atom is 0.312 e. The highest BCUT2D eigenvalue weighted by atomic mass is 35.5. The van der Waals surface area contributed by atoms with Gasteiger partial charge < -0.3 is 90.0 Å². The number of benzene rings is 6. The van der Waals surface area contributed by atoms with Crippen LogP contribution in [0.1, 0.15) is 86.3 Å². The molecule has 2 aliphatic rings. The minimum atomic E-state index is -1.80. The Morgan fingerprint density at radius 2 is 0.991 bits per heavy atom. The molecule has 12 amide bonds. The van der Waals surface area contributed by atoms with Crippen LogP contribution in [0.5, 0.6) is 0 Å². The normalized spacial score (nSPS) is 16.0. The van der Waals surface area contributed by atoms with Crippen LogP contribution < -0.4 is 75.3 Å². The first kappa shape index (κ1) is 85.4. The van der Waals surface area contributed by atoms with Gasteiger partial charge >= 0.3 is 6.03 Å². The molecule has 594 valence electrons. The highest BCUT2D eigenvalue weighted by Crippen LogP contribution is 2.24. The monoisotopic (exact) mass is 1550 g/mol. The molecule has 30 nitrogen and oxygen atoms in total. The van der Waals surface area contributed by atoms with Gasteiger partial charge in [0.25, 0.3) is 0 Å². The number of likely N-dealkylation sites (tertiary alicyclic amines) is 1. The van der Waals surface area contributed by atoms with E-state index < -0.39 is 132 Å². The predicted octanol–water partition coefficient (Wildman–Crippen LogP) is 1.62. The van der Waals surface area contributed by atoms with Gasteiger partial charge in [-0.25, -0.2) is 4.79 Å². The lowest BCUT2D eigenvalue weighted by Gasteiger charge is -2.31. The number of primary amides is 2. The topological polar surface area (TPSA) is 449 Å². The Labute approximate surface area is 651 Å². The van der Waals surface area contributed by atoms with Gasteiger partial charge in [0.05, 0.1) is 19.8 Å². The summed E-state index contributed by atoms with van der Waals surface area (Å²) in [6.45, 7) is 7.52. The number of anilines is 1. The molecule has 18 N–H and O–H groups in total. The third kappa shape index (κ3) is 26.5. The Morgan fingerprint density at radius 3 is 1.51 bits per heavy atom. The molecule has 31 heteroatoms. The van der Waals surface area contributed by atoms with E-state index in [-0.39, 0.29) is 82.8 Å². The summed E-state index contributed by atoms with van der Waals surface area (Å²) in [4.78, 5) is 163. The molecule has 0 radical (unpaired) electrons. The van der Waals surface area contributed by atoms with E-state index >= 15 is 9.59 Å². The van der Waals surface area contributed by atoms with Crippen molar-refractivity contribution in [2.45, 2.75) is 152 Å². The van der Waals surface area contributed by atoms with Crippen LogP contribution in [0.4, 0.5) is 10.5 Å². The number of nitrogens with zero attached hydrogens (tertiary/aromatic N) is 3. The van der Waals surface area contributed by atoms with Gasteiger partial charge in [-0.15, -0.1) is 0 Å². The molecule has 2 fully saturated rings. The number of aliphatic hydroxyl groups excluding tert-OH is 1. The number of amides is 12. The van der Waals surface area contributed by atoms with Gasteiger partial charge in [0.2, 0.25) is 59.1 Å². The summed E-state index contributed by atoms with van der Waals surface area (Å²) in [6, 6.07) is 27.8. The number of hydrogen-bond acceptors (Lipinski definition) is 16. The van der Waals surface area contributed by atoms with E-state index in [0.29, 0.717) is 59.0 Å². The zero-order valence-electron chi connectivity index (χ0n) is 63.2. The molecule has 111 heavy (non-hydrogen) atoms. The van der Waals surface area contributed by atoms with E-state index in [1.165, 1.54) is 11.8 Å². The largest absolute Gasteiger partial charge is 0.394 e. The van der Waals surface area contributed by atoms with E-state index in [1.54, 1.807) is 84.9 Å². The van der Waals surface area contributed by atoms with Gasteiger partial charge in [-0.1, -0.05) is 147 Å². The molecular formula is C80H104ClN17O13. The summed E-state index contributed by atoms with van der Waals surface area (Å²) in [5.74, 6) is -8.76. The Morgan fingerprint density at radius 1 is 0.532 bits per heavy atom. The first-order chi connectivity index (χ1) is 53.1. The number of guanidine groups is 1. The Hall–Kier alpha value is -11.2. The van der Waals surface area contributed by atoms with E-state index in [9.17, 15) is 48.3 Å². The minimum absolute atomic E-state index is 0.00528. The molecule has 0 spiro atoms. The quantitative estimate of drug-likeness (QED) is 0.0148. The summed E-state index contributed by atoms with van der Waals surface area (Å²) in [6.07, 6.45) is 0.165. The number of morpholine rings is 1. The van der Waals surface area contributed by atoms with Crippen LogP contribution in [0.2, 0.25) is 5.02 Å². The number of nitrogens with one attached hydrogen (secondary N) is 11. The fourth-order valence-electron chi connectivity index (χ4n) is 13.3. The number of ether oxygens (including phenoxy) is 1. The van der Waals surface area contributed by atoms with E-state index in [1.807, 2.05) is 93.5 Å². The average Bonchev–Trinajstić information content (AvgIpc) is 1.04. The summed E-state index contributed by atoms with van der Waals surface area (Å²) in [5.41, 5.74) is 21.4. The van der Waals surface area contributed by atoms with Gasteiger partial charge in [-0.05, 0) is 113 Å². The third-order valence-corrected chi connectivity index (χ3v) is 19.6. The van der Waals surface area contributed by atoms with Gasteiger partial charge in [0.15, 0.2) is 5.96 Å². The molecule has 0 bridgehead atoms. The number of nitrogens with two attached hydrogens (primary N) is 3. The van der Waals surface area contributed by atoms with Gasteiger partial charge in [0.1, 0.15) is 60.4 Å². The van der Waals surface area contributed by atoms with Crippen molar-refractivity contribution in [2.24, 2.45) is 23.1 Å². The van der Waals surface area contributed by atoms with Crippen molar-refractivity contribution in [1.82, 2.24) is 63.0 Å². The second-order valence-electron chi connectivity index (χ2n) is 28.6. The van der Waals surface area contributed by atoms with Gasteiger partial charge in [-0.2, -0.15) is 0 Å². The lowest BCUT2D eigenvalue weighted by molar-refractivity contribution is -0.142. The molecule has 0 unspecified atom stereocenters. The Balaban J connectivity index is 1.08. The maximum absolute atomic E-state index is 15.4. The SMILES string of the molecule is CC(C)C[C@H](NC(=O)[C@@H](Cc1ccc(CN2CCOCC2)cc1)NC(=O)[C@H](Cc1ccc(N(C)C)cc1)NC(=O)[C@H](CO)NC(=O)[C@@H](Cc1ccccc1)NC(=O)[C@@H](Cc1ccc(Cl)cc1)NC(=O)[C@@H](Cc1cccc2ccccc12)NC(N)=O)C(=O)N[C@@H](CCCNC(=N)N)C(=O)N1CCC[C@H]1C(=O)N[C@H](C)C(N)=O. The smallest absolute Gasteiger partial charge is 0.312 e. The lowest BCUT2D eigenvalue weighted by atomic mass is 9.97. The summed E-state index contributed by atoms with van der Waals surface area (Å²) >= 11 is 6.27. The fraction of sp³-hybridized carbons (Fsp3) is 0.425. The second kappa shape index (κ2) is 42.1. The Kier molecular flexibility index (Phi) is 32.4. The lowest BCUT2D eigenvalue weighted by Crippen LogP contribution is -2.62. The fourth-order valence-corrected chi connectivity index (χ4v) is 13.4. The number of hydrogen-bond donors (Lipinski definition) is 15. The molecule has 6 aromatic carbocycles. The van der Waals surface area contributed by atoms with Crippen molar-refractivity contribution < 1.29 is 62.6 Å². The van der Waals surface area contributed by atoms with Gasteiger partial charge in [0, 0.05) is 89.6 Å². The number of halogens is 1. The predicted molar refractivity (Wildman–Crippen MR) is 421 cm³/mol. The Bertz CT molecular complexity index is 4180. The number of urea groups is 1. The van der Waals surface area contributed by atoms with E-state index in [4.69, 9.17) is 38.9 Å². The van der Waals surface area contributed by atoms with Crippen molar-refractivity contribution >= 4 is 99.1 Å². The van der Waals surface area contributed by atoms with Crippen LogP contribution in [-0.4, -0.2) is 206 Å². The van der Waals surface area contributed by atoms with E-state index in [2.05, 4.69) is 58.1 Å². The molecule has 0 aliphatic carbocycles. The maximum atomic E-state index is 15.4. The molecule has 2 heterocycles. The molecular weight excluding hydrogens is 1440 g/mol. The van der Waals surface area contributed by atoms with Crippen LogP contribution in [0, 0.1) is 11.3 Å². The molecule has 10 atom stereocenters. The highest BCUT2D eigenvalue weighted by molar-refractivity contribution is 6.30. The number of rotatable bonds is 39. The van der Waals surface area contributed by atoms with Crippen LogP contribution in [0.3, 0.4) is 0 Å². The molecule has 6 aromatic rings. The average molecular weight is 1550 g/mol. The zero-order valence-corrected chi connectivity index (χ0v) is 64.0. The molecule has 2 saturated heterocycles. The van der Waals surface area contributed by atoms with Crippen molar-refractivity contribution in [3.05, 3.63) is 184 Å². The molecule has 2 aliphatic heterocycles. The molecule has 0 aromatic heterocycles. The van der Waals surface area contributed by atoms with Crippen LogP contribution in [0.15, 0.2) is 146 Å². The third-order valence-electron chi connectivity index (χ3n) is 19.3. The zero-order chi connectivity index (χ0) is 80.3. The first-order valence-corrected chi connectivity index (χ1v) is 37.7. The highest BCUT2D eigenvalue weighted by Gasteiger charge is 2.41. The number of carbonyl (C=O) groups excluding carboxylic acids is 11. The number of carbonyl (C=O) groups is 11. The second-order valence-corrected chi connectivity index (χ2v) is 29.1. The number of aliphatic hydroxyl groups is 1. The van der Waals surface area contributed by atoms with Crippen molar-refractivity contribution in [1.29, 1.82) is 5.41 Å². The summed E-state index contributed by atoms with van der Waals surface area (Å²) in [7, 11) is 3.68. The van der Waals surface area contributed by atoms with E-state index in [0.717, 1.165) is 35.1 Å². The minimum Gasteiger partial charge on any atom is -0.394 e. The standard InChI is InChI=1S/C80H104ClN17O13/c1-48(2)40-61(70(101)88-60(20-12-34-86-79(83)84)78(109)98-35-13-21-68(98)77(108)87-49(3)69(82)100)89-71(102)63(42-51-22-24-54(25-23-51)46-97-36-38-111-39-37-97)91-73(104)65(44-53-28-32-58(33-29-53)96(4)5)93-76(107)67(47-99)94-74(105)62(41-50-14-7-6-8-15-50)90-72(103)64(43-52-26-30-57(81)31-27-52)92-75(106)66(95-80(85)110)45-56-18-11-17-55-16-9-10-19-59(55)56/h6-11,14-19,22-33,48-49,60-68,99H,12-13,20-21,34-47H2,1-5H3,(H2,82,100)(H,87,108)(H,88,101)(H,89,102)(H,90,103)(H,91,104)(H,92,106)(H,93,107)(H,94,105)(H4,83,84,86)(H3,85,95,110)/t49-,60+,61+,62-,63-,64-,65+,66-,67+,68+/m1/s1. The van der Waals surface area contributed by atoms with Gasteiger partial charge in [-0.3, -0.25) is 58.3 Å². The molecule has 0 saturated carbocycles. The van der Waals surface area contributed by atoms with Crippen molar-refractivity contribution in [3.63, 3.8) is 0 Å². The van der Waals surface area contributed by atoms with Crippen LogP contribution in [0.25, 0.3) is 10.8 Å².